The number of piperidine rings is 1. The summed E-state index contributed by atoms with van der Waals surface area (Å²) >= 11 is 0.849. The van der Waals surface area contributed by atoms with Gasteiger partial charge in [-0.2, -0.15) is 4.31 Å². The molecular weight excluding hydrogens is 316 g/mol. The Morgan fingerprint density at radius 2 is 2.19 bits per heavy atom. The number of nitrogens with zero attached hydrogens (tertiary/aromatic N) is 1. The van der Waals surface area contributed by atoms with E-state index in [0.29, 0.717) is 6.54 Å². The van der Waals surface area contributed by atoms with E-state index in [4.69, 9.17) is 10.5 Å². The summed E-state index contributed by atoms with van der Waals surface area (Å²) in [5.74, 6) is -0.436. The Hall–Kier alpha value is -1.16. The Morgan fingerprint density at radius 3 is 2.76 bits per heavy atom. The molecule has 1 atom stereocenters. The van der Waals surface area contributed by atoms with Crippen molar-refractivity contribution < 1.29 is 22.7 Å². The monoisotopic (exact) mass is 334 g/mol. The number of sulfonamides is 1. The van der Waals surface area contributed by atoms with Crippen molar-refractivity contribution >= 4 is 27.3 Å². The molecule has 7 nitrogen and oxygen atoms in total. The molecule has 1 unspecified atom stereocenters. The molecule has 0 saturated carbocycles. The third-order valence-electron chi connectivity index (χ3n) is 3.27. The van der Waals surface area contributed by atoms with Gasteiger partial charge in [-0.25, -0.2) is 13.2 Å². The Morgan fingerprint density at radius 1 is 1.48 bits per heavy atom. The number of carbonyl (C=O) groups excluding carboxylic acids is 1. The van der Waals surface area contributed by atoms with E-state index in [-0.39, 0.29) is 27.4 Å². The summed E-state index contributed by atoms with van der Waals surface area (Å²) in [5.41, 5.74) is 5.84. The molecule has 0 aromatic carbocycles. The molecule has 9 heteroatoms. The highest BCUT2D eigenvalue weighted by Crippen LogP contribution is 2.36. The number of hydrogen-bond donors (Lipinski definition) is 1. The minimum atomic E-state index is -3.72. The van der Waals surface area contributed by atoms with Gasteiger partial charge in [-0.3, -0.25) is 0 Å². The van der Waals surface area contributed by atoms with Crippen molar-refractivity contribution in [1.82, 2.24) is 4.31 Å². The molecule has 1 aromatic heterocycles. The number of esters is 1. The molecular formula is C12H18N2O5S2. The first-order chi connectivity index (χ1) is 9.90. The predicted molar refractivity (Wildman–Crippen MR) is 78.2 cm³/mol. The van der Waals surface area contributed by atoms with Crippen molar-refractivity contribution in [2.24, 2.45) is 5.73 Å². The van der Waals surface area contributed by atoms with E-state index in [0.717, 1.165) is 24.2 Å². The number of nitrogens with two attached hydrogens (primary N) is 1. The highest BCUT2D eigenvalue weighted by Gasteiger charge is 2.34. The van der Waals surface area contributed by atoms with Crippen LogP contribution in [0.2, 0.25) is 0 Å². The van der Waals surface area contributed by atoms with Crippen molar-refractivity contribution in [2.45, 2.75) is 23.1 Å². The second-order valence-electron chi connectivity index (χ2n) is 4.72. The van der Waals surface area contributed by atoms with E-state index in [1.165, 1.54) is 24.6 Å². The highest BCUT2D eigenvalue weighted by atomic mass is 32.2. The van der Waals surface area contributed by atoms with Crippen LogP contribution in [-0.2, 0) is 14.8 Å². The maximum atomic E-state index is 12.7. The number of methoxy groups -OCH3 is 2. The second kappa shape index (κ2) is 6.30. The summed E-state index contributed by atoms with van der Waals surface area (Å²) in [7, 11) is -1.11. The van der Waals surface area contributed by atoms with Gasteiger partial charge in [0.2, 0.25) is 0 Å². The van der Waals surface area contributed by atoms with Crippen LogP contribution >= 0.6 is 11.3 Å². The van der Waals surface area contributed by atoms with Gasteiger partial charge >= 0.3 is 5.97 Å². The molecule has 1 fully saturated rings. The van der Waals surface area contributed by atoms with E-state index < -0.39 is 16.0 Å². The van der Waals surface area contributed by atoms with Gasteiger partial charge < -0.3 is 15.2 Å². The average molecular weight is 334 g/mol. The Kier molecular flexibility index (Phi) is 4.87. The third-order valence-corrected chi connectivity index (χ3v) is 6.72. The van der Waals surface area contributed by atoms with Crippen LogP contribution in [0.1, 0.15) is 22.5 Å². The molecule has 0 radical (unpaired) electrons. The molecule has 21 heavy (non-hydrogen) atoms. The molecule has 2 N–H and O–H groups in total. The summed E-state index contributed by atoms with van der Waals surface area (Å²) in [6.07, 6.45) is 1.53. The van der Waals surface area contributed by atoms with Crippen molar-refractivity contribution in [3.8, 4) is 5.75 Å². The lowest BCUT2D eigenvalue weighted by molar-refractivity contribution is 0.0606. The van der Waals surface area contributed by atoms with E-state index in [1.807, 2.05) is 0 Å². The van der Waals surface area contributed by atoms with Crippen LogP contribution in [0, 0.1) is 0 Å². The molecule has 1 aromatic rings. The van der Waals surface area contributed by atoms with Crippen LogP contribution in [-0.4, -0.2) is 52.0 Å². The second-order valence-corrected chi connectivity index (χ2v) is 7.91. The lowest BCUT2D eigenvalue weighted by Gasteiger charge is -2.29. The van der Waals surface area contributed by atoms with E-state index >= 15 is 0 Å². The maximum absolute atomic E-state index is 12.7. The molecule has 0 aliphatic carbocycles. The van der Waals surface area contributed by atoms with Gasteiger partial charge in [0.1, 0.15) is 4.88 Å². The number of rotatable bonds is 4. The zero-order valence-electron chi connectivity index (χ0n) is 11.9. The minimum Gasteiger partial charge on any atom is -0.494 e. The third kappa shape index (κ3) is 3.20. The SMILES string of the molecule is COC(=O)c1cc(OC)c(S(=O)(=O)N2CCCC(N)C2)s1. The lowest BCUT2D eigenvalue weighted by atomic mass is 10.1. The lowest BCUT2D eigenvalue weighted by Crippen LogP contribution is -2.45. The van der Waals surface area contributed by atoms with E-state index in [2.05, 4.69) is 4.74 Å². The fourth-order valence-electron chi connectivity index (χ4n) is 2.19. The smallest absolute Gasteiger partial charge is 0.348 e. The van der Waals surface area contributed by atoms with E-state index in [1.54, 1.807) is 0 Å². The fraction of sp³-hybridized carbons (Fsp3) is 0.583. The fourth-order valence-corrected chi connectivity index (χ4v) is 5.36. The maximum Gasteiger partial charge on any atom is 0.348 e. The molecule has 118 valence electrons. The van der Waals surface area contributed by atoms with Gasteiger partial charge in [-0.15, -0.1) is 11.3 Å². The molecule has 0 bridgehead atoms. The van der Waals surface area contributed by atoms with Crippen molar-refractivity contribution in [3.05, 3.63) is 10.9 Å². The molecule has 1 saturated heterocycles. The van der Waals surface area contributed by atoms with Gasteiger partial charge in [-0.1, -0.05) is 0 Å². The zero-order valence-corrected chi connectivity index (χ0v) is 13.5. The largest absolute Gasteiger partial charge is 0.494 e. The zero-order chi connectivity index (χ0) is 15.6. The van der Waals surface area contributed by atoms with Crippen LogP contribution in [0.25, 0.3) is 0 Å². The number of thiophene rings is 1. The van der Waals surface area contributed by atoms with Gasteiger partial charge in [0.25, 0.3) is 10.0 Å². The van der Waals surface area contributed by atoms with Crippen molar-refractivity contribution in [1.29, 1.82) is 0 Å². The molecule has 0 amide bonds. The summed E-state index contributed by atoms with van der Waals surface area (Å²) in [4.78, 5) is 11.7. The van der Waals surface area contributed by atoms with Gasteiger partial charge in [-0.05, 0) is 12.8 Å². The van der Waals surface area contributed by atoms with Crippen LogP contribution < -0.4 is 10.5 Å². The Balaban J connectivity index is 2.39. The number of carbonyl (C=O) groups is 1. The van der Waals surface area contributed by atoms with Crippen LogP contribution in [0.5, 0.6) is 5.75 Å². The number of hydrogen-bond acceptors (Lipinski definition) is 7. The molecule has 1 aliphatic rings. The number of ether oxygens (including phenoxy) is 2. The molecule has 2 heterocycles. The summed E-state index contributed by atoms with van der Waals surface area (Å²) in [6, 6.07) is 1.22. The first-order valence-corrected chi connectivity index (χ1v) is 8.67. The highest BCUT2D eigenvalue weighted by molar-refractivity contribution is 7.91. The first-order valence-electron chi connectivity index (χ1n) is 6.42. The van der Waals surface area contributed by atoms with Crippen molar-refractivity contribution in [2.75, 3.05) is 27.3 Å². The first kappa shape index (κ1) is 16.2. The quantitative estimate of drug-likeness (QED) is 0.812. The molecule has 1 aliphatic heterocycles. The van der Waals surface area contributed by atoms with Gasteiger partial charge in [0.15, 0.2) is 9.96 Å². The minimum absolute atomic E-state index is 0.0134. The Labute approximate surface area is 127 Å². The Bertz CT molecular complexity index is 626. The average Bonchev–Trinajstić information content (AvgIpc) is 2.91. The van der Waals surface area contributed by atoms with Crippen LogP contribution in [0.15, 0.2) is 10.3 Å². The summed E-state index contributed by atoms with van der Waals surface area (Å²) in [6.45, 7) is 0.696. The topological polar surface area (TPSA) is 98.9 Å². The van der Waals surface area contributed by atoms with Crippen LogP contribution in [0.4, 0.5) is 0 Å². The predicted octanol–water partition coefficient (Wildman–Crippen LogP) is 0.655. The summed E-state index contributed by atoms with van der Waals surface area (Å²) in [5, 5.41) is 0. The molecule has 0 spiro atoms. The molecule has 2 rings (SSSR count). The van der Waals surface area contributed by atoms with E-state index in [9.17, 15) is 13.2 Å². The van der Waals surface area contributed by atoms with Crippen LogP contribution in [0.3, 0.4) is 0 Å². The van der Waals surface area contributed by atoms with Crippen molar-refractivity contribution in [3.63, 3.8) is 0 Å². The van der Waals surface area contributed by atoms with Gasteiger partial charge in [0.05, 0.1) is 14.2 Å². The van der Waals surface area contributed by atoms with Gasteiger partial charge in [0, 0.05) is 25.2 Å². The standard InChI is InChI=1S/C12H18N2O5S2/c1-18-9-6-10(11(15)19-2)20-12(9)21(16,17)14-5-3-4-8(13)7-14/h6,8H,3-5,7,13H2,1-2H3. The normalized spacial score (nSPS) is 20.2. The summed E-state index contributed by atoms with van der Waals surface area (Å²) < 4.78 is 36.4.